The third-order valence-corrected chi connectivity index (χ3v) is 3.25. The zero-order valence-electron chi connectivity index (χ0n) is 9.71. The summed E-state index contributed by atoms with van der Waals surface area (Å²) in [5.41, 5.74) is -0.102. The number of aliphatic hydroxyl groups is 1. The lowest BCUT2D eigenvalue weighted by Gasteiger charge is -2.18. The predicted molar refractivity (Wildman–Crippen MR) is 64.8 cm³/mol. The summed E-state index contributed by atoms with van der Waals surface area (Å²) in [7, 11) is 1.52. The lowest BCUT2D eigenvalue weighted by atomic mass is 9.98. The van der Waals surface area contributed by atoms with E-state index in [1.165, 1.54) is 19.2 Å². The van der Waals surface area contributed by atoms with Gasteiger partial charge in [0.25, 0.3) is 0 Å². The van der Waals surface area contributed by atoms with E-state index >= 15 is 0 Å². The minimum atomic E-state index is -0.840. The fourth-order valence-corrected chi connectivity index (χ4v) is 1.91. The van der Waals surface area contributed by atoms with Crippen LogP contribution in [-0.4, -0.2) is 24.9 Å². The van der Waals surface area contributed by atoms with Gasteiger partial charge in [0.1, 0.15) is 11.6 Å². The van der Waals surface area contributed by atoms with Gasteiger partial charge in [0.15, 0.2) is 0 Å². The molecule has 0 radical (unpaired) electrons. The molecule has 0 amide bonds. The molecule has 1 aromatic carbocycles. The van der Waals surface area contributed by atoms with Gasteiger partial charge in [-0.05, 0) is 28.1 Å². The van der Waals surface area contributed by atoms with E-state index in [2.05, 4.69) is 15.9 Å². The van der Waals surface area contributed by atoms with E-state index in [0.29, 0.717) is 6.61 Å². The highest BCUT2D eigenvalue weighted by atomic mass is 79.9. The first kappa shape index (κ1) is 14.5. The summed E-state index contributed by atoms with van der Waals surface area (Å²) in [6.45, 7) is 2.11. The van der Waals surface area contributed by atoms with Crippen LogP contribution in [0.1, 0.15) is 12.5 Å². The van der Waals surface area contributed by atoms with E-state index in [-0.39, 0.29) is 22.4 Å². The standard InChI is InChI=1S/C12H15BrF2O2/c1-7(6-17-2)11(16)5-8-10(14)4-3-9(13)12(8)15/h3-4,7,11,16H,5-6H2,1-2H3. The van der Waals surface area contributed by atoms with Crippen LogP contribution in [0.3, 0.4) is 0 Å². The van der Waals surface area contributed by atoms with Gasteiger partial charge >= 0.3 is 0 Å². The number of benzene rings is 1. The summed E-state index contributed by atoms with van der Waals surface area (Å²) in [5.74, 6) is -1.49. The molecule has 0 bridgehead atoms. The number of rotatable bonds is 5. The summed E-state index contributed by atoms with van der Waals surface area (Å²) in [6, 6.07) is 2.48. The number of hydrogen-bond acceptors (Lipinski definition) is 2. The van der Waals surface area contributed by atoms with Crippen molar-refractivity contribution < 1.29 is 18.6 Å². The molecule has 0 aliphatic carbocycles. The average Bonchev–Trinajstić information content (AvgIpc) is 2.29. The zero-order chi connectivity index (χ0) is 13.0. The fourth-order valence-electron chi connectivity index (χ4n) is 1.54. The van der Waals surface area contributed by atoms with Crippen LogP contribution in [0.5, 0.6) is 0 Å². The second-order valence-corrected chi connectivity index (χ2v) is 4.88. The maximum Gasteiger partial charge on any atom is 0.143 e. The molecule has 96 valence electrons. The van der Waals surface area contributed by atoms with Crippen molar-refractivity contribution in [3.05, 3.63) is 33.8 Å². The van der Waals surface area contributed by atoms with Gasteiger partial charge in [0.05, 0.1) is 17.2 Å². The monoisotopic (exact) mass is 308 g/mol. The molecule has 0 spiro atoms. The van der Waals surface area contributed by atoms with Crippen LogP contribution in [0, 0.1) is 17.6 Å². The Kier molecular flexibility index (Phi) is 5.49. The molecule has 2 atom stereocenters. The Morgan fingerprint density at radius 2 is 2.06 bits per heavy atom. The van der Waals surface area contributed by atoms with E-state index < -0.39 is 17.7 Å². The number of halogens is 3. The molecule has 1 rings (SSSR count). The minimum absolute atomic E-state index is 0.0678. The van der Waals surface area contributed by atoms with Gasteiger partial charge in [-0.25, -0.2) is 8.78 Å². The normalized spacial score (nSPS) is 14.7. The summed E-state index contributed by atoms with van der Waals surface area (Å²) in [5, 5.41) is 9.81. The molecule has 0 aliphatic rings. The molecule has 0 aromatic heterocycles. The van der Waals surface area contributed by atoms with Gasteiger partial charge in [0.2, 0.25) is 0 Å². The molecular weight excluding hydrogens is 294 g/mol. The molecular formula is C12H15BrF2O2. The number of methoxy groups -OCH3 is 1. The molecule has 1 aromatic rings. The fraction of sp³-hybridized carbons (Fsp3) is 0.500. The van der Waals surface area contributed by atoms with Crippen molar-refractivity contribution in [2.24, 2.45) is 5.92 Å². The Hall–Kier alpha value is -0.520. The van der Waals surface area contributed by atoms with Crippen molar-refractivity contribution in [2.45, 2.75) is 19.4 Å². The summed E-state index contributed by atoms with van der Waals surface area (Å²) >= 11 is 2.99. The maximum atomic E-state index is 13.6. The van der Waals surface area contributed by atoms with E-state index in [4.69, 9.17) is 4.74 Å². The molecule has 17 heavy (non-hydrogen) atoms. The topological polar surface area (TPSA) is 29.5 Å². The lowest BCUT2D eigenvalue weighted by molar-refractivity contribution is 0.0564. The van der Waals surface area contributed by atoms with Gasteiger partial charge in [-0.2, -0.15) is 0 Å². The molecule has 2 unspecified atom stereocenters. The SMILES string of the molecule is COCC(C)C(O)Cc1c(F)ccc(Br)c1F. The first-order valence-electron chi connectivity index (χ1n) is 5.26. The number of hydrogen-bond donors (Lipinski definition) is 1. The summed E-state index contributed by atoms with van der Waals surface area (Å²) in [6.07, 6.45) is -0.907. The van der Waals surface area contributed by atoms with E-state index in [9.17, 15) is 13.9 Å². The van der Waals surface area contributed by atoms with Gasteiger partial charge in [-0.15, -0.1) is 0 Å². The molecule has 1 N–H and O–H groups in total. The highest BCUT2D eigenvalue weighted by Crippen LogP contribution is 2.24. The highest BCUT2D eigenvalue weighted by Gasteiger charge is 2.20. The Balaban J connectivity index is 2.84. The summed E-state index contributed by atoms with van der Waals surface area (Å²) in [4.78, 5) is 0. The molecule has 2 nitrogen and oxygen atoms in total. The third-order valence-electron chi connectivity index (χ3n) is 2.64. The molecule has 0 heterocycles. The van der Waals surface area contributed by atoms with E-state index in [0.717, 1.165) is 0 Å². The first-order chi connectivity index (χ1) is 7.97. The van der Waals surface area contributed by atoms with Crippen molar-refractivity contribution in [3.63, 3.8) is 0 Å². The smallest absolute Gasteiger partial charge is 0.143 e. The van der Waals surface area contributed by atoms with Crippen LogP contribution >= 0.6 is 15.9 Å². The lowest BCUT2D eigenvalue weighted by Crippen LogP contribution is -2.25. The predicted octanol–water partition coefficient (Wildman–Crippen LogP) is 2.91. The van der Waals surface area contributed by atoms with Gasteiger partial charge in [-0.3, -0.25) is 0 Å². The van der Waals surface area contributed by atoms with Crippen molar-refractivity contribution in [3.8, 4) is 0 Å². The van der Waals surface area contributed by atoms with Crippen molar-refractivity contribution in [2.75, 3.05) is 13.7 Å². The Morgan fingerprint density at radius 1 is 1.41 bits per heavy atom. The van der Waals surface area contributed by atoms with Crippen LogP contribution in [0.25, 0.3) is 0 Å². The third kappa shape index (κ3) is 3.72. The van der Waals surface area contributed by atoms with Crippen LogP contribution < -0.4 is 0 Å². The zero-order valence-corrected chi connectivity index (χ0v) is 11.3. The number of aliphatic hydroxyl groups excluding tert-OH is 1. The van der Waals surface area contributed by atoms with Crippen molar-refractivity contribution >= 4 is 15.9 Å². The first-order valence-corrected chi connectivity index (χ1v) is 6.06. The Morgan fingerprint density at radius 3 is 2.65 bits per heavy atom. The number of ether oxygens (including phenoxy) is 1. The largest absolute Gasteiger partial charge is 0.392 e. The second-order valence-electron chi connectivity index (χ2n) is 4.03. The Labute approximate surface area is 108 Å². The van der Waals surface area contributed by atoms with Crippen LogP contribution in [0.15, 0.2) is 16.6 Å². The van der Waals surface area contributed by atoms with Crippen LogP contribution in [0.2, 0.25) is 0 Å². The van der Waals surface area contributed by atoms with Crippen LogP contribution in [0.4, 0.5) is 8.78 Å². The van der Waals surface area contributed by atoms with Gasteiger partial charge in [-0.1, -0.05) is 6.92 Å². The molecule has 0 saturated carbocycles. The quantitative estimate of drug-likeness (QED) is 0.848. The molecule has 0 saturated heterocycles. The van der Waals surface area contributed by atoms with E-state index in [1.807, 2.05) is 0 Å². The maximum absolute atomic E-state index is 13.6. The molecule has 0 aliphatic heterocycles. The van der Waals surface area contributed by atoms with E-state index in [1.54, 1.807) is 6.92 Å². The molecule has 0 fully saturated rings. The van der Waals surface area contributed by atoms with Gasteiger partial charge < -0.3 is 9.84 Å². The average molecular weight is 309 g/mol. The highest BCUT2D eigenvalue weighted by molar-refractivity contribution is 9.10. The molecule has 5 heteroatoms. The minimum Gasteiger partial charge on any atom is -0.392 e. The van der Waals surface area contributed by atoms with Gasteiger partial charge in [0, 0.05) is 25.0 Å². The van der Waals surface area contributed by atoms with Crippen molar-refractivity contribution in [1.29, 1.82) is 0 Å². The van der Waals surface area contributed by atoms with Crippen LogP contribution in [-0.2, 0) is 11.2 Å². The summed E-state index contributed by atoms with van der Waals surface area (Å²) < 4.78 is 32.2. The Bertz CT molecular complexity index is 385. The van der Waals surface area contributed by atoms with Crippen molar-refractivity contribution in [1.82, 2.24) is 0 Å². The second kappa shape index (κ2) is 6.42.